The monoisotopic (exact) mass is 372 g/mol. The lowest BCUT2D eigenvalue weighted by molar-refractivity contribution is -0.143. The van der Waals surface area contributed by atoms with E-state index in [1.165, 1.54) is 11.3 Å². The Morgan fingerprint density at radius 1 is 1.19 bits per heavy atom. The summed E-state index contributed by atoms with van der Waals surface area (Å²) in [6, 6.07) is 7.87. The molecule has 1 aromatic carbocycles. The number of thiazole rings is 1. The number of aryl methyl sites for hydroxylation is 1. The van der Waals surface area contributed by atoms with E-state index in [1.807, 2.05) is 35.9 Å². The number of para-hydroxylation sites is 1. The van der Waals surface area contributed by atoms with E-state index in [1.54, 1.807) is 0 Å². The van der Waals surface area contributed by atoms with Gasteiger partial charge in [0.1, 0.15) is 6.54 Å². The zero-order valence-electron chi connectivity index (χ0n) is 14.5. The highest BCUT2D eigenvalue weighted by atomic mass is 32.1. The Bertz CT molecular complexity index is 937. The highest BCUT2D eigenvalue weighted by Crippen LogP contribution is 2.37. The van der Waals surface area contributed by atoms with Gasteiger partial charge >= 0.3 is 0 Å². The second kappa shape index (κ2) is 6.68. The maximum atomic E-state index is 12.4. The molecule has 2 atom stereocenters. The zero-order chi connectivity index (χ0) is 18.3. The van der Waals surface area contributed by atoms with Crippen molar-refractivity contribution in [3.8, 4) is 0 Å². The number of benzene rings is 1. The summed E-state index contributed by atoms with van der Waals surface area (Å²) in [7, 11) is 1.88. The Kier molecular flexibility index (Phi) is 4.36. The van der Waals surface area contributed by atoms with E-state index in [-0.39, 0.29) is 30.2 Å². The molecule has 8 heteroatoms. The van der Waals surface area contributed by atoms with Gasteiger partial charge in [-0.15, -0.1) is 5.10 Å². The summed E-state index contributed by atoms with van der Waals surface area (Å²) in [5.74, 6) is -1.34. The quantitative estimate of drug-likeness (QED) is 0.652. The molecule has 2 unspecified atom stereocenters. The van der Waals surface area contributed by atoms with Gasteiger partial charge in [0.25, 0.3) is 5.91 Å². The van der Waals surface area contributed by atoms with Crippen molar-refractivity contribution in [3.05, 3.63) is 29.1 Å². The Labute approximate surface area is 154 Å². The number of fused-ring (bicyclic) bond motifs is 2. The number of likely N-dealkylation sites (tertiary alicyclic amines) is 1. The molecule has 1 aliphatic carbocycles. The normalized spacial score (nSPS) is 23.6. The van der Waals surface area contributed by atoms with E-state index >= 15 is 0 Å². The summed E-state index contributed by atoms with van der Waals surface area (Å²) < 4.78 is 2.96. The molecular formula is C18H20N4O3S. The van der Waals surface area contributed by atoms with Gasteiger partial charge < -0.3 is 4.57 Å². The highest BCUT2D eigenvalue weighted by molar-refractivity contribution is 7.16. The zero-order valence-corrected chi connectivity index (χ0v) is 15.3. The second-order valence-electron chi connectivity index (χ2n) is 6.82. The van der Waals surface area contributed by atoms with E-state index in [9.17, 15) is 14.4 Å². The number of hydrogen-bond acceptors (Lipinski definition) is 5. The van der Waals surface area contributed by atoms with E-state index in [2.05, 4.69) is 10.5 Å². The van der Waals surface area contributed by atoms with Crippen LogP contribution in [0.4, 0.5) is 0 Å². The molecule has 2 heterocycles. The fourth-order valence-electron chi connectivity index (χ4n) is 3.86. The Hall–Kier alpha value is -2.48. The van der Waals surface area contributed by atoms with Crippen LogP contribution in [-0.4, -0.2) is 33.7 Å². The number of hydrogen-bond donors (Lipinski definition) is 1. The van der Waals surface area contributed by atoms with Crippen molar-refractivity contribution in [3.63, 3.8) is 0 Å². The molecule has 2 aromatic rings. The minimum atomic E-state index is -0.456. The predicted octanol–water partition coefficient (Wildman–Crippen LogP) is 1.35. The fourth-order valence-corrected chi connectivity index (χ4v) is 4.84. The number of carbonyl (C=O) groups excluding carboxylic acids is 3. The molecule has 136 valence electrons. The molecule has 26 heavy (non-hydrogen) atoms. The highest BCUT2D eigenvalue weighted by Gasteiger charge is 2.48. The summed E-state index contributed by atoms with van der Waals surface area (Å²) in [6.07, 6.45) is 3.43. The van der Waals surface area contributed by atoms with Crippen LogP contribution in [0.3, 0.4) is 0 Å². The maximum absolute atomic E-state index is 12.4. The molecule has 1 aliphatic heterocycles. The van der Waals surface area contributed by atoms with Gasteiger partial charge in [-0.2, -0.15) is 0 Å². The first-order valence-corrected chi connectivity index (χ1v) is 9.60. The van der Waals surface area contributed by atoms with Crippen LogP contribution in [0.2, 0.25) is 0 Å². The third-order valence-corrected chi connectivity index (χ3v) is 6.34. The van der Waals surface area contributed by atoms with Gasteiger partial charge in [0, 0.05) is 7.05 Å². The second-order valence-corrected chi connectivity index (χ2v) is 7.83. The van der Waals surface area contributed by atoms with Crippen LogP contribution in [0.15, 0.2) is 29.4 Å². The van der Waals surface area contributed by atoms with Crippen molar-refractivity contribution in [1.29, 1.82) is 0 Å². The summed E-state index contributed by atoms with van der Waals surface area (Å²) in [5, 5.41) is 4.16. The number of nitrogens with zero attached hydrogens (tertiary/aromatic N) is 3. The number of amides is 3. The molecular weight excluding hydrogens is 352 g/mol. The van der Waals surface area contributed by atoms with Gasteiger partial charge in [-0.25, -0.2) is 5.43 Å². The summed E-state index contributed by atoms with van der Waals surface area (Å²) in [4.78, 5) is 38.8. The topological polar surface area (TPSA) is 83.8 Å². The van der Waals surface area contributed by atoms with Crippen LogP contribution in [0.1, 0.15) is 25.7 Å². The lowest BCUT2D eigenvalue weighted by atomic mass is 9.81. The molecule has 7 nitrogen and oxygen atoms in total. The van der Waals surface area contributed by atoms with Gasteiger partial charge in [-0.05, 0) is 25.0 Å². The van der Waals surface area contributed by atoms with Crippen LogP contribution in [0.5, 0.6) is 0 Å². The number of carbonyl (C=O) groups is 3. The van der Waals surface area contributed by atoms with E-state index in [4.69, 9.17) is 0 Å². The Morgan fingerprint density at radius 3 is 2.50 bits per heavy atom. The van der Waals surface area contributed by atoms with Crippen LogP contribution in [-0.2, 0) is 21.4 Å². The SMILES string of the molecule is Cn1/c(=N\NC(=O)CN2C(=O)C3CCCCC3C2=O)sc2ccccc21. The van der Waals surface area contributed by atoms with Crippen LogP contribution in [0.25, 0.3) is 10.2 Å². The van der Waals surface area contributed by atoms with Crippen molar-refractivity contribution >= 4 is 39.3 Å². The third kappa shape index (κ3) is 2.84. The van der Waals surface area contributed by atoms with Crippen molar-refractivity contribution in [2.75, 3.05) is 6.54 Å². The predicted molar refractivity (Wildman–Crippen MR) is 96.7 cm³/mol. The van der Waals surface area contributed by atoms with E-state index < -0.39 is 5.91 Å². The van der Waals surface area contributed by atoms with E-state index in [0.29, 0.717) is 4.80 Å². The minimum absolute atomic E-state index is 0.206. The van der Waals surface area contributed by atoms with Crippen LogP contribution >= 0.6 is 11.3 Å². The maximum Gasteiger partial charge on any atom is 0.260 e. The largest absolute Gasteiger partial charge is 0.318 e. The minimum Gasteiger partial charge on any atom is -0.318 e. The van der Waals surface area contributed by atoms with Gasteiger partial charge in [-0.3, -0.25) is 19.3 Å². The van der Waals surface area contributed by atoms with Gasteiger partial charge in [0.05, 0.1) is 22.1 Å². The standard InChI is InChI=1S/C18H20N4O3S/c1-21-13-8-4-5-9-14(13)26-18(21)20-19-15(23)10-22-16(24)11-6-2-3-7-12(11)17(22)25/h4-5,8-9,11-12H,2-3,6-7,10H2,1H3,(H,19,23)/b20-18+. The van der Waals surface area contributed by atoms with Gasteiger partial charge in [0.15, 0.2) is 0 Å². The fraction of sp³-hybridized carbons (Fsp3) is 0.444. The van der Waals surface area contributed by atoms with Gasteiger partial charge in [0.2, 0.25) is 16.6 Å². The average Bonchev–Trinajstić information content (AvgIpc) is 3.10. The smallest absolute Gasteiger partial charge is 0.260 e. The molecule has 2 aliphatic rings. The third-order valence-electron chi connectivity index (χ3n) is 5.23. The molecule has 4 rings (SSSR count). The molecule has 1 saturated carbocycles. The molecule has 0 radical (unpaired) electrons. The lowest BCUT2D eigenvalue weighted by Crippen LogP contribution is -2.40. The van der Waals surface area contributed by atoms with Crippen LogP contribution < -0.4 is 10.2 Å². The summed E-state index contributed by atoms with van der Waals surface area (Å²) >= 11 is 1.46. The summed E-state index contributed by atoms with van der Waals surface area (Å²) in [5.41, 5.74) is 3.51. The Balaban J connectivity index is 1.48. The summed E-state index contributed by atoms with van der Waals surface area (Å²) in [6.45, 7) is -0.261. The number of aromatic nitrogens is 1. The van der Waals surface area contributed by atoms with E-state index in [0.717, 1.165) is 40.8 Å². The molecule has 2 fully saturated rings. The lowest BCUT2D eigenvalue weighted by Gasteiger charge is -2.19. The molecule has 1 aromatic heterocycles. The average molecular weight is 372 g/mol. The Morgan fingerprint density at radius 2 is 1.85 bits per heavy atom. The van der Waals surface area contributed by atoms with Crippen molar-refractivity contribution < 1.29 is 14.4 Å². The number of imide groups is 1. The number of rotatable bonds is 3. The van der Waals surface area contributed by atoms with Crippen molar-refractivity contribution in [1.82, 2.24) is 14.9 Å². The molecule has 0 bridgehead atoms. The number of nitrogens with one attached hydrogen (secondary N) is 1. The molecule has 3 amide bonds. The molecule has 0 spiro atoms. The molecule has 1 N–H and O–H groups in total. The first-order valence-electron chi connectivity index (χ1n) is 8.78. The van der Waals surface area contributed by atoms with Crippen molar-refractivity contribution in [2.24, 2.45) is 24.0 Å². The van der Waals surface area contributed by atoms with Gasteiger partial charge in [-0.1, -0.05) is 36.3 Å². The first-order chi connectivity index (χ1) is 12.6. The molecule has 1 saturated heterocycles. The first kappa shape index (κ1) is 17.0. The van der Waals surface area contributed by atoms with Crippen molar-refractivity contribution in [2.45, 2.75) is 25.7 Å². The van der Waals surface area contributed by atoms with Crippen LogP contribution in [0, 0.1) is 11.8 Å².